The first-order chi connectivity index (χ1) is 11.3. The Morgan fingerprint density at radius 1 is 1.54 bits per heavy atom. The number of amides is 1. The number of carbonyl (C=O) groups excluding carboxylic acids is 1. The van der Waals surface area contributed by atoms with Gasteiger partial charge in [-0.15, -0.1) is 0 Å². The molecule has 130 valence electrons. The number of benzene rings is 1. The summed E-state index contributed by atoms with van der Waals surface area (Å²) in [5.74, 6) is 0.140. The minimum absolute atomic E-state index is 0.00305. The number of sulfone groups is 1. The molecule has 1 amide bonds. The number of nitrogens with zero attached hydrogens (tertiary/aromatic N) is 2. The summed E-state index contributed by atoms with van der Waals surface area (Å²) in [7, 11) is -3.07. The van der Waals surface area contributed by atoms with Crippen molar-refractivity contribution < 1.29 is 17.9 Å². The zero-order chi connectivity index (χ0) is 17.9. The lowest BCUT2D eigenvalue weighted by Gasteiger charge is -2.29. The van der Waals surface area contributed by atoms with Crippen molar-refractivity contribution in [2.45, 2.75) is 32.4 Å². The van der Waals surface area contributed by atoms with E-state index in [1.807, 2.05) is 13.0 Å². The van der Waals surface area contributed by atoms with Crippen LogP contribution in [0.25, 0.3) is 0 Å². The monoisotopic (exact) mass is 370 g/mol. The molecule has 1 aromatic rings. The van der Waals surface area contributed by atoms with E-state index in [9.17, 15) is 13.2 Å². The van der Waals surface area contributed by atoms with Gasteiger partial charge in [0, 0.05) is 12.6 Å². The normalized spacial score (nSPS) is 20.2. The Morgan fingerprint density at radius 2 is 2.25 bits per heavy atom. The van der Waals surface area contributed by atoms with Gasteiger partial charge in [0.1, 0.15) is 5.75 Å². The number of halogens is 1. The summed E-state index contributed by atoms with van der Waals surface area (Å²) in [6.07, 6.45) is -0.356. The molecule has 2 atom stereocenters. The van der Waals surface area contributed by atoms with Gasteiger partial charge in [0.25, 0.3) is 5.91 Å². The molecule has 0 aromatic heterocycles. The number of nitriles is 1. The van der Waals surface area contributed by atoms with Gasteiger partial charge in [0.15, 0.2) is 15.9 Å². The van der Waals surface area contributed by atoms with Crippen LogP contribution >= 0.6 is 11.6 Å². The summed E-state index contributed by atoms with van der Waals surface area (Å²) in [4.78, 5) is 14.2. The van der Waals surface area contributed by atoms with E-state index in [-0.39, 0.29) is 28.5 Å². The molecule has 0 saturated carbocycles. The molecular weight excluding hydrogens is 352 g/mol. The standard InChI is InChI=1S/C16H19ClN2O4S/c1-3-19(13-6-7-24(21,22)10-13)16(20)11(2)23-15-5-4-12(9-18)8-14(15)17/h4-5,8,11,13H,3,6-7,10H2,1-2H3/t11-,13-/m0/s1. The van der Waals surface area contributed by atoms with Gasteiger partial charge < -0.3 is 9.64 Å². The molecule has 8 heteroatoms. The second kappa shape index (κ2) is 7.41. The van der Waals surface area contributed by atoms with Crippen LogP contribution in [0.4, 0.5) is 0 Å². The lowest BCUT2D eigenvalue weighted by Crippen LogP contribution is -2.46. The Labute approximate surface area is 146 Å². The van der Waals surface area contributed by atoms with Gasteiger partial charge in [-0.25, -0.2) is 8.42 Å². The second-order valence-corrected chi connectivity index (χ2v) is 8.33. The van der Waals surface area contributed by atoms with Crippen LogP contribution in [0.15, 0.2) is 18.2 Å². The van der Waals surface area contributed by atoms with Crippen molar-refractivity contribution in [2.24, 2.45) is 0 Å². The van der Waals surface area contributed by atoms with E-state index in [4.69, 9.17) is 21.6 Å². The molecule has 6 nitrogen and oxygen atoms in total. The van der Waals surface area contributed by atoms with E-state index >= 15 is 0 Å². The lowest BCUT2D eigenvalue weighted by molar-refractivity contribution is -0.139. The van der Waals surface area contributed by atoms with Crippen LogP contribution < -0.4 is 4.74 Å². The van der Waals surface area contributed by atoms with Crippen LogP contribution in [0, 0.1) is 11.3 Å². The van der Waals surface area contributed by atoms with Crippen LogP contribution in [-0.2, 0) is 14.6 Å². The molecule has 1 heterocycles. The zero-order valence-electron chi connectivity index (χ0n) is 13.5. The maximum Gasteiger partial charge on any atom is 0.263 e. The van der Waals surface area contributed by atoms with E-state index in [0.29, 0.717) is 24.3 Å². The molecule has 1 aromatic carbocycles. The van der Waals surface area contributed by atoms with E-state index in [2.05, 4.69) is 0 Å². The number of hydrogen-bond acceptors (Lipinski definition) is 5. The quantitative estimate of drug-likeness (QED) is 0.791. The molecule has 0 aliphatic carbocycles. The second-order valence-electron chi connectivity index (χ2n) is 5.70. The van der Waals surface area contributed by atoms with Crippen molar-refractivity contribution in [3.8, 4) is 11.8 Å². The third-order valence-electron chi connectivity index (χ3n) is 3.99. The summed E-state index contributed by atoms with van der Waals surface area (Å²) in [6, 6.07) is 6.23. The fourth-order valence-corrected chi connectivity index (χ4v) is 4.71. The highest BCUT2D eigenvalue weighted by molar-refractivity contribution is 7.91. The first kappa shape index (κ1) is 18.6. The van der Waals surface area contributed by atoms with Gasteiger partial charge in [0.2, 0.25) is 0 Å². The van der Waals surface area contributed by atoms with Crippen LogP contribution in [0.2, 0.25) is 5.02 Å². The Bertz CT molecular complexity index is 773. The molecule has 0 radical (unpaired) electrons. The van der Waals surface area contributed by atoms with Gasteiger partial charge in [-0.05, 0) is 38.5 Å². The minimum Gasteiger partial charge on any atom is -0.479 e. The first-order valence-electron chi connectivity index (χ1n) is 7.64. The molecule has 0 spiro atoms. The SMILES string of the molecule is CCN(C(=O)[C@H](C)Oc1ccc(C#N)cc1Cl)[C@H]1CCS(=O)(=O)C1. The molecule has 1 saturated heterocycles. The Hall–Kier alpha value is -1.78. The number of hydrogen-bond donors (Lipinski definition) is 0. The number of likely N-dealkylation sites (N-methyl/N-ethyl adjacent to an activating group) is 1. The molecular formula is C16H19ClN2O4S. The van der Waals surface area contributed by atoms with E-state index < -0.39 is 15.9 Å². The van der Waals surface area contributed by atoms with Crippen LogP contribution in [0.3, 0.4) is 0 Å². The van der Waals surface area contributed by atoms with Crippen LogP contribution in [0.1, 0.15) is 25.8 Å². The maximum atomic E-state index is 12.6. The van der Waals surface area contributed by atoms with Crippen molar-refractivity contribution in [1.29, 1.82) is 5.26 Å². The predicted octanol–water partition coefficient (Wildman–Crippen LogP) is 2.01. The third kappa shape index (κ3) is 4.19. The van der Waals surface area contributed by atoms with Gasteiger partial charge in [-0.2, -0.15) is 5.26 Å². The summed E-state index contributed by atoms with van der Waals surface area (Å²) in [5.41, 5.74) is 0.401. The molecule has 0 unspecified atom stereocenters. The topological polar surface area (TPSA) is 87.5 Å². The Kier molecular flexibility index (Phi) is 5.73. The number of ether oxygens (including phenoxy) is 1. The molecule has 24 heavy (non-hydrogen) atoms. The van der Waals surface area contributed by atoms with Gasteiger partial charge in [-0.3, -0.25) is 4.79 Å². The highest BCUT2D eigenvalue weighted by Crippen LogP contribution is 2.27. The highest BCUT2D eigenvalue weighted by Gasteiger charge is 2.35. The van der Waals surface area contributed by atoms with Crippen LogP contribution in [-0.4, -0.2) is 49.4 Å². The maximum absolute atomic E-state index is 12.6. The average molecular weight is 371 g/mol. The van der Waals surface area contributed by atoms with E-state index in [1.54, 1.807) is 24.0 Å². The molecule has 1 fully saturated rings. The predicted molar refractivity (Wildman–Crippen MR) is 90.7 cm³/mol. The molecule has 0 bridgehead atoms. The Balaban J connectivity index is 2.09. The Morgan fingerprint density at radius 3 is 2.75 bits per heavy atom. The largest absolute Gasteiger partial charge is 0.479 e. The fourth-order valence-electron chi connectivity index (χ4n) is 2.76. The fraction of sp³-hybridized carbons (Fsp3) is 0.500. The third-order valence-corrected chi connectivity index (χ3v) is 6.03. The van der Waals surface area contributed by atoms with Crippen molar-refractivity contribution in [3.05, 3.63) is 28.8 Å². The van der Waals surface area contributed by atoms with Crippen molar-refractivity contribution in [1.82, 2.24) is 4.90 Å². The zero-order valence-corrected chi connectivity index (χ0v) is 15.1. The highest BCUT2D eigenvalue weighted by atomic mass is 35.5. The van der Waals surface area contributed by atoms with Crippen molar-refractivity contribution in [2.75, 3.05) is 18.1 Å². The number of carbonyl (C=O) groups is 1. The molecule has 1 aliphatic heterocycles. The molecule has 2 rings (SSSR count). The lowest BCUT2D eigenvalue weighted by atomic mass is 10.2. The number of rotatable bonds is 5. The van der Waals surface area contributed by atoms with E-state index in [0.717, 1.165) is 0 Å². The van der Waals surface area contributed by atoms with Crippen molar-refractivity contribution in [3.63, 3.8) is 0 Å². The minimum atomic E-state index is -3.07. The summed E-state index contributed by atoms with van der Waals surface area (Å²) in [5, 5.41) is 9.08. The summed E-state index contributed by atoms with van der Waals surface area (Å²) in [6.45, 7) is 3.82. The van der Waals surface area contributed by atoms with Gasteiger partial charge in [0.05, 0.1) is 28.2 Å². The van der Waals surface area contributed by atoms with E-state index in [1.165, 1.54) is 6.07 Å². The van der Waals surface area contributed by atoms with Crippen molar-refractivity contribution >= 4 is 27.3 Å². The average Bonchev–Trinajstić information content (AvgIpc) is 2.89. The summed E-state index contributed by atoms with van der Waals surface area (Å²) >= 11 is 6.05. The molecule has 0 N–H and O–H groups in total. The first-order valence-corrected chi connectivity index (χ1v) is 9.84. The molecule has 1 aliphatic rings. The van der Waals surface area contributed by atoms with Gasteiger partial charge in [-0.1, -0.05) is 11.6 Å². The summed E-state index contributed by atoms with van der Waals surface area (Å²) < 4.78 is 28.9. The smallest absolute Gasteiger partial charge is 0.263 e. The van der Waals surface area contributed by atoms with Crippen LogP contribution in [0.5, 0.6) is 5.75 Å². The van der Waals surface area contributed by atoms with Gasteiger partial charge >= 0.3 is 0 Å².